The smallest absolute Gasteiger partial charge is 0.166 e. The van der Waals surface area contributed by atoms with Gasteiger partial charge in [-0.15, -0.1) is 0 Å². The highest BCUT2D eigenvalue weighted by Crippen LogP contribution is 2.25. The van der Waals surface area contributed by atoms with Crippen LogP contribution in [0.3, 0.4) is 0 Å². The number of piperazine rings is 1. The van der Waals surface area contributed by atoms with Crippen LogP contribution in [0.15, 0.2) is 48.7 Å². The van der Waals surface area contributed by atoms with E-state index in [-0.39, 0.29) is 6.97 Å². The molecule has 178 valence electrons. The topological polar surface area (TPSA) is 78.5 Å². The minimum atomic E-state index is -0.0140. The molecule has 1 saturated heterocycles. The standard InChI is InChI=1S/C13H19N3S.C8H8N2O.2C2H6.H2/c1-13(2)10-15(8-9-16(13)12(14)17)11-6-4-3-5-7-11;9-6-3-5-11-7-2-1-4-10-8(6)7;2*1-2;/h3-7H,8-10H2,1-2H3,(H2,14,17);1-2,4,9H,3,5H2;2*1-2H3;1H. The van der Waals surface area contributed by atoms with E-state index in [9.17, 15) is 0 Å². The molecule has 1 fully saturated rings. The van der Waals surface area contributed by atoms with Crippen LogP contribution < -0.4 is 15.4 Å². The fourth-order valence-electron chi connectivity index (χ4n) is 3.54. The van der Waals surface area contributed by atoms with Crippen LogP contribution in [0.4, 0.5) is 5.69 Å². The summed E-state index contributed by atoms with van der Waals surface area (Å²) in [6.45, 7) is 15.8. The average Bonchev–Trinajstić information content (AvgIpc) is 2.82. The molecule has 3 N–H and O–H groups in total. The number of rotatable bonds is 1. The Bertz CT molecular complexity index is 848. The largest absolute Gasteiger partial charge is 0.491 e. The van der Waals surface area contributed by atoms with Crippen molar-refractivity contribution in [1.29, 1.82) is 5.41 Å². The summed E-state index contributed by atoms with van der Waals surface area (Å²) in [4.78, 5) is 8.55. The van der Waals surface area contributed by atoms with Gasteiger partial charge in [-0.2, -0.15) is 0 Å². The second kappa shape index (κ2) is 13.7. The second-order valence-corrected chi connectivity index (χ2v) is 7.90. The lowest BCUT2D eigenvalue weighted by Gasteiger charge is -2.48. The molecule has 0 radical (unpaired) electrons. The Kier molecular flexibility index (Phi) is 11.7. The lowest BCUT2D eigenvalue weighted by Crippen LogP contribution is -2.62. The van der Waals surface area contributed by atoms with Gasteiger partial charge in [0.1, 0.15) is 11.4 Å². The van der Waals surface area contributed by atoms with E-state index in [1.165, 1.54) is 5.69 Å². The first-order valence-electron chi connectivity index (χ1n) is 11.4. The third-order valence-electron chi connectivity index (χ3n) is 4.96. The molecule has 0 amide bonds. The van der Waals surface area contributed by atoms with E-state index in [0.29, 0.717) is 29.5 Å². The maximum Gasteiger partial charge on any atom is 0.166 e. The number of nitrogens with two attached hydrogens (primary N) is 1. The number of nitrogens with zero attached hydrogens (tertiary/aromatic N) is 3. The molecule has 7 heteroatoms. The summed E-state index contributed by atoms with van der Waals surface area (Å²) < 4.78 is 5.29. The molecule has 0 aliphatic carbocycles. The number of nitrogens with one attached hydrogen (secondary N) is 1. The molecule has 0 atom stereocenters. The van der Waals surface area contributed by atoms with Gasteiger partial charge in [-0.25, -0.2) is 0 Å². The van der Waals surface area contributed by atoms with Crippen LogP contribution in [0.5, 0.6) is 5.75 Å². The van der Waals surface area contributed by atoms with Crippen molar-refractivity contribution in [3.05, 3.63) is 54.4 Å². The molecular formula is C25H41N5OS. The van der Waals surface area contributed by atoms with Crippen LogP contribution in [0.2, 0.25) is 0 Å². The maximum atomic E-state index is 7.53. The first kappa shape index (κ1) is 27.4. The van der Waals surface area contributed by atoms with E-state index in [4.69, 9.17) is 28.1 Å². The van der Waals surface area contributed by atoms with Crippen molar-refractivity contribution in [2.45, 2.75) is 53.5 Å². The molecule has 0 unspecified atom stereocenters. The van der Waals surface area contributed by atoms with E-state index in [1.807, 2.05) is 45.9 Å². The summed E-state index contributed by atoms with van der Waals surface area (Å²) in [6, 6.07) is 14.1. The fraction of sp³-hybridized carbons (Fsp3) is 0.480. The Hall–Kier alpha value is -2.67. The SMILES string of the molecule is CC.CC.CC1(C)CN(c2ccccc2)CCN1C(N)=S.N=C1CCOc2cccnc21.[HH]. The number of hydrogen-bond donors (Lipinski definition) is 2. The monoisotopic (exact) mass is 459 g/mol. The molecule has 32 heavy (non-hydrogen) atoms. The van der Waals surface area contributed by atoms with Crippen molar-refractivity contribution in [1.82, 2.24) is 9.88 Å². The maximum absolute atomic E-state index is 7.53. The normalized spacial score (nSPS) is 15.9. The average molecular weight is 460 g/mol. The summed E-state index contributed by atoms with van der Waals surface area (Å²) in [5, 5.41) is 8.03. The van der Waals surface area contributed by atoms with Crippen molar-refractivity contribution in [3.63, 3.8) is 0 Å². The first-order valence-corrected chi connectivity index (χ1v) is 11.8. The zero-order valence-corrected chi connectivity index (χ0v) is 21.2. The fourth-order valence-corrected chi connectivity index (χ4v) is 3.88. The number of benzene rings is 1. The Morgan fingerprint density at radius 3 is 2.31 bits per heavy atom. The lowest BCUT2D eigenvalue weighted by molar-refractivity contribution is 0.194. The van der Waals surface area contributed by atoms with Gasteiger partial charge in [0.25, 0.3) is 0 Å². The molecule has 3 heterocycles. The molecular weight excluding hydrogens is 418 g/mol. The van der Waals surface area contributed by atoms with Crippen molar-refractivity contribution in [2.24, 2.45) is 5.73 Å². The van der Waals surface area contributed by atoms with Gasteiger partial charge < -0.3 is 25.7 Å². The molecule has 2 aromatic rings. The lowest BCUT2D eigenvalue weighted by atomic mass is 9.99. The zero-order valence-electron chi connectivity index (χ0n) is 20.4. The third kappa shape index (κ3) is 7.48. The molecule has 1 aromatic heterocycles. The minimum Gasteiger partial charge on any atom is -0.491 e. The number of anilines is 1. The highest BCUT2D eigenvalue weighted by atomic mass is 32.1. The van der Waals surface area contributed by atoms with Crippen LogP contribution >= 0.6 is 12.2 Å². The number of fused-ring (bicyclic) bond motifs is 1. The summed E-state index contributed by atoms with van der Waals surface area (Å²) in [5.41, 5.74) is 8.29. The van der Waals surface area contributed by atoms with Crippen LogP contribution in [-0.4, -0.2) is 52.5 Å². The Morgan fingerprint density at radius 1 is 1.09 bits per heavy atom. The number of para-hydroxylation sites is 1. The highest BCUT2D eigenvalue weighted by Gasteiger charge is 2.34. The summed E-state index contributed by atoms with van der Waals surface area (Å²) >= 11 is 5.10. The van der Waals surface area contributed by atoms with E-state index in [2.05, 4.69) is 52.9 Å². The predicted molar refractivity (Wildman–Crippen MR) is 142 cm³/mol. The highest BCUT2D eigenvalue weighted by molar-refractivity contribution is 7.80. The molecule has 2 aliphatic rings. The molecule has 0 spiro atoms. The molecule has 2 aliphatic heterocycles. The van der Waals surface area contributed by atoms with Gasteiger partial charge in [-0.3, -0.25) is 4.98 Å². The number of ether oxygens (including phenoxy) is 1. The van der Waals surface area contributed by atoms with Gasteiger partial charge in [-0.05, 0) is 50.3 Å². The van der Waals surface area contributed by atoms with Gasteiger partial charge >= 0.3 is 0 Å². The number of pyridine rings is 1. The summed E-state index contributed by atoms with van der Waals surface area (Å²) in [5.74, 6) is 0.740. The summed E-state index contributed by atoms with van der Waals surface area (Å²) in [7, 11) is 0. The first-order chi connectivity index (χ1) is 15.4. The van der Waals surface area contributed by atoms with Crippen LogP contribution in [0.25, 0.3) is 0 Å². The Labute approximate surface area is 200 Å². The van der Waals surface area contributed by atoms with Crippen molar-refractivity contribution < 1.29 is 6.16 Å². The van der Waals surface area contributed by atoms with Crippen molar-refractivity contribution in [2.75, 3.05) is 31.1 Å². The van der Waals surface area contributed by atoms with Gasteiger partial charge in [0.05, 0.1) is 17.9 Å². The molecule has 0 saturated carbocycles. The van der Waals surface area contributed by atoms with Crippen molar-refractivity contribution in [3.8, 4) is 5.75 Å². The second-order valence-electron chi connectivity index (χ2n) is 7.49. The predicted octanol–water partition coefficient (Wildman–Crippen LogP) is 5.36. The van der Waals surface area contributed by atoms with Gasteiger partial charge in [-0.1, -0.05) is 45.9 Å². The third-order valence-corrected chi connectivity index (χ3v) is 5.18. The van der Waals surface area contributed by atoms with E-state index in [0.717, 1.165) is 25.4 Å². The van der Waals surface area contributed by atoms with Crippen LogP contribution in [0, 0.1) is 5.41 Å². The van der Waals surface area contributed by atoms with Gasteiger partial charge in [0.2, 0.25) is 0 Å². The minimum absolute atomic E-state index is 0. The van der Waals surface area contributed by atoms with Crippen LogP contribution in [-0.2, 0) is 0 Å². The Morgan fingerprint density at radius 2 is 1.75 bits per heavy atom. The quantitative estimate of drug-likeness (QED) is 0.559. The van der Waals surface area contributed by atoms with Crippen molar-refractivity contribution >= 4 is 28.7 Å². The zero-order chi connectivity index (χ0) is 24.1. The van der Waals surface area contributed by atoms with E-state index < -0.39 is 0 Å². The number of aromatic nitrogens is 1. The molecule has 1 aromatic carbocycles. The molecule has 4 rings (SSSR count). The van der Waals surface area contributed by atoms with Gasteiger partial charge in [0.15, 0.2) is 5.11 Å². The number of hydrogen-bond acceptors (Lipinski definition) is 5. The molecule has 0 bridgehead atoms. The Balaban J connectivity index is 0.000000555. The van der Waals surface area contributed by atoms with Gasteiger partial charge in [0, 0.05) is 39.4 Å². The summed E-state index contributed by atoms with van der Waals surface area (Å²) in [6.07, 6.45) is 2.35. The van der Waals surface area contributed by atoms with Crippen LogP contribution in [0.1, 0.15) is 55.1 Å². The number of thiocarbonyl (C=S) groups is 1. The molecule has 6 nitrogen and oxygen atoms in total. The van der Waals surface area contributed by atoms with E-state index in [1.54, 1.807) is 6.20 Å². The van der Waals surface area contributed by atoms with E-state index >= 15 is 0 Å².